The molecule has 2 rings (SSSR count). The Kier molecular flexibility index (Phi) is 4.34. The van der Waals surface area contributed by atoms with E-state index in [2.05, 4.69) is 25.9 Å². The van der Waals surface area contributed by atoms with Crippen LogP contribution in [0.4, 0.5) is 5.69 Å². The molecule has 0 radical (unpaired) electrons. The van der Waals surface area contributed by atoms with Crippen LogP contribution in [0.5, 0.6) is 0 Å². The minimum absolute atomic E-state index is 0.997. The Morgan fingerprint density at radius 2 is 2.06 bits per heavy atom. The molecule has 0 aliphatic rings. The van der Waals surface area contributed by atoms with E-state index < -0.39 is 0 Å². The highest BCUT2D eigenvalue weighted by molar-refractivity contribution is 5.42. The molecule has 0 amide bonds. The van der Waals surface area contributed by atoms with Crippen LogP contribution in [-0.4, -0.2) is 21.1 Å². The van der Waals surface area contributed by atoms with Crippen molar-refractivity contribution in [3.05, 3.63) is 42.2 Å². The molecule has 0 aromatic carbocycles. The third-order valence-electron chi connectivity index (χ3n) is 2.98. The Hall–Kier alpha value is -1.84. The summed E-state index contributed by atoms with van der Waals surface area (Å²) >= 11 is 0. The third kappa shape index (κ3) is 3.58. The molecular formula is C14H20N4. The van der Waals surface area contributed by atoms with Crippen LogP contribution >= 0.6 is 0 Å². The highest BCUT2D eigenvalue weighted by Gasteiger charge is 1.96. The van der Waals surface area contributed by atoms with Gasteiger partial charge in [-0.15, -0.1) is 0 Å². The number of rotatable bonds is 6. The van der Waals surface area contributed by atoms with Crippen molar-refractivity contribution in [1.82, 2.24) is 14.5 Å². The fourth-order valence-corrected chi connectivity index (χ4v) is 1.94. The first-order valence-electron chi connectivity index (χ1n) is 6.40. The molecule has 96 valence electrons. The predicted molar refractivity (Wildman–Crippen MR) is 73.7 cm³/mol. The fourth-order valence-electron chi connectivity index (χ4n) is 1.94. The van der Waals surface area contributed by atoms with Gasteiger partial charge >= 0.3 is 0 Å². The topological polar surface area (TPSA) is 42.7 Å². The van der Waals surface area contributed by atoms with Gasteiger partial charge in [0.15, 0.2) is 0 Å². The van der Waals surface area contributed by atoms with E-state index in [0.717, 1.165) is 43.1 Å². The second kappa shape index (κ2) is 6.19. The lowest BCUT2D eigenvalue weighted by Gasteiger charge is -2.07. The number of pyridine rings is 1. The summed E-state index contributed by atoms with van der Waals surface area (Å²) in [5.41, 5.74) is 2.20. The van der Waals surface area contributed by atoms with Gasteiger partial charge in [0.25, 0.3) is 0 Å². The van der Waals surface area contributed by atoms with Gasteiger partial charge in [-0.2, -0.15) is 0 Å². The number of aromatic nitrogens is 3. The second-order valence-corrected chi connectivity index (χ2v) is 4.49. The number of hydrogen-bond acceptors (Lipinski definition) is 3. The molecule has 2 heterocycles. The van der Waals surface area contributed by atoms with Crippen LogP contribution in [0.3, 0.4) is 0 Å². The largest absolute Gasteiger partial charge is 0.385 e. The molecule has 2 aromatic rings. The van der Waals surface area contributed by atoms with Crippen LogP contribution in [0.25, 0.3) is 0 Å². The maximum atomic E-state index is 4.21. The second-order valence-electron chi connectivity index (χ2n) is 4.49. The Bertz CT molecular complexity index is 490. The first kappa shape index (κ1) is 12.6. The van der Waals surface area contributed by atoms with Crippen molar-refractivity contribution in [2.45, 2.75) is 33.2 Å². The highest BCUT2D eigenvalue weighted by atomic mass is 15.0. The van der Waals surface area contributed by atoms with E-state index in [1.165, 1.54) is 0 Å². The van der Waals surface area contributed by atoms with Gasteiger partial charge in [-0.1, -0.05) is 0 Å². The first-order chi connectivity index (χ1) is 8.75. The number of nitrogens with zero attached hydrogens (tertiary/aromatic N) is 3. The Labute approximate surface area is 108 Å². The van der Waals surface area contributed by atoms with Gasteiger partial charge in [-0.25, -0.2) is 4.98 Å². The predicted octanol–water partition coefficient (Wildman–Crippen LogP) is 2.79. The fraction of sp³-hybridized carbons (Fsp3) is 0.429. The number of imidazole rings is 1. The van der Waals surface area contributed by atoms with Gasteiger partial charge < -0.3 is 9.88 Å². The summed E-state index contributed by atoms with van der Waals surface area (Å²) in [6.07, 6.45) is 8.04. The van der Waals surface area contributed by atoms with Crippen LogP contribution in [0.1, 0.15) is 24.4 Å². The SMILES string of the molecule is Cc1cc(NCCCCn2ccnc2C)ccn1. The number of unbranched alkanes of at least 4 members (excludes halogenated alkanes) is 1. The van der Waals surface area contributed by atoms with E-state index >= 15 is 0 Å². The van der Waals surface area contributed by atoms with Gasteiger partial charge in [0.1, 0.15) is 5.82 Å². The van der Waals surface area contributed by atoms with Crippen LogP contribution in [0.2, 0.25) is 0 Å². The van der Waals surface area contributed by atoms with Crippen molar-refractivity contribution < 1.29 is 0 Å². The van der Waals surface area contributed by atoms with E-state index in [4.69, 9.17) is 0 Å². The zero-order valence-electron chi connectivity index (χ0n) is 11.1. The molecule has 4 nitrogen and oxygen atoms in total. The lowest BCUT2D eigenvalue weighted by atomic mass is 10.3. The monoisotopic (exact) mass is 244 g/mol. The average Bonchev–Trinajstić information content (AvgIpc) is 2.75. The molecule has 0 aliphatic carbocycles. The maximum absolute atomic E-state index is 4.21. The Balaban J connectivity index is 1.66. The highest BCUT2D eigenvalue weighted by Crippen LogP contribution is 2.07. The third-order valence-corrected chi connectivity index (χ3v) is 2.98. The molecule has 0 atom stereocenters. The molecule has 0 unspecified atom stereocenters. The Morgan fingerprint density at radius 3 is 2.78 bits per heavy atom. The summed E-state index contributed by atoms with van der Waals surface area (Å²) in [5, 5.41) is 3.42. The molecule has 0 fully saturated rings. The molecule has 1 N–H and O–H groups in total. The zero-order chi connectivity index (χ0) is 12.8. The summed E-state index contributed by atoms with van der Waals surface area (Å²) < 4.78 is 2.19. The van der Waals surface area contributed by atoms with Crippen molar-refractivity contribution >= 4 is 5.69 Å². The maximum Gasteiger partial charge on any atom is 0.105 e. The van der Waals surface area contributed by atoms with Gasteiger partial charge in [0.05, 0.1) is 0 Å². The van der Waals surface area contributed by atoms with Crippen molar-refractivity contribution in [3.63, 3.8) is 0 Å². The first-order valence-corrected chi connectivity index (χ1v) is 6.40. The number of nitrogens with one attached hydrogen (secondary N) is 1. The van der Waals surface area contributed by atoms with Gasteiger partial charge in [-0.05, 0) is 38.8 Å². The molecule has 2 aromatic heterocycles. The average molecular weight is 244 g/mol. The van der Waals surface area contributed by atoms with Crippen molar-refractivity contribution in [3.8, 4) is 0 Å². The lowest BCUT2D eigenvalue weighted by molar-refractivity contribution is 0.607. The lowest BCUT2D eigenvalue weighted by Crippen LogP contribution is -2.05. The quantitative estimate of drug-likeness (QED) is 0.795. The standard InChI is InChI=1S/C14H20N4/c1-12-11-14(5-7-15-12)17-6-3-4-9-18-10-8-16-13(18)2/h5,7-8,10-11H,3-4,6,9H2,1-2H3,(H,15,17). The van der Waals surface area contributed by atoms with Crippen LogP contribution in [0, 0.1) is 13.8 Å². The van der Waals surface area contributed by atoms with Gasteiger partial charge in [0.2, 0.25) is 0 Å². The number of aryl methyl sites for hydroxylation is 3. The summed E-state index contributed by atoms with van der Waals surface area (Å²) in [4.78, 5) is 8.39. The van der Waals surface area contributed by atoms with E-state index in [1.807, 2.05) is 38.5 Å². The summed E-state index contributed by atoms with van der Waals surface area (Å²) in [7, 11) is 0. The number of hydrogen-bond donors (Lipinski definition) is 1. The minimum Gasteiger partial charge on any atom is -0.385 e. The van der Waals surface area contributed by atoms with Crippen molar-refractivity contribution in [1.29, 1.82) is 0 Å². The molecule has 0 spiro atoms. The number of anilines is 1. The van der Waals surface area contributed by atoms with Gasteiger partial charge in [0, 0.05) is 43.1 Å². The van der Waals surface area contributed by atoms with Crippen molar-refractivity contribution in [2.24, 2.45) is 0 Å². The van der Waals surface area contributed by atoms with Gasteiger partial charge in [-0.3, -0.25) is 4.98 Å². The van der Waals surface area contributed by atoms with E-state index in [9.17, 15) is 0 Å². The molecule has 0 bridgehead atoms. The molecule has 0 aliphatic heterocycles. The summed E-state index contributed by atoms with van der Waals surface area (Å²) in [5.74, 6) is 1.09. The minimum atomic E-state index is 0.997. The molecular weight excluding hydrogens is 224 g/mol. The smallest absolute Gasteiger partial charge is 0.105 e. The normalized spacial score (nSPS) is 10.6. The zero-order valence-corrected chi connectivity index (χ0v) is 11.1. The van der Waals surface area contributed by atoms with Crippen LogP contribution in [0.15, 0.2) is 30.7 Å². The summed E-state index contributed by atoms with van der Waals surface area (Å²) in [6.45, 7) is 6.09. The summed E-state index contributed by atoms with van der Waals surface area (Å²) in [6, 6.07) is 4.08. The van der Waals surface area contributed by atoms with Crippen molar-refractivity contribution in [2.75, 3.05) is 11.9 Å². The molecule has 0 saturated heterocycles. The Morgan fingerprint density at radius 1 is 1.17 bits per heavy atom. The van der Waals surface area contributed by atoms with Crippen LogP contribution in [-0.2, 0) is 6.54 Å². The van der Waals surface area contributed by atoms with E-state index in [0.29, 0.717) is 0 Å². The molecule has 0 saturated carbocycles. The molecule has 4 heteroatoms. The van der Waals surface area contributed by atoms with Crippen LogP contribution < -0.4 is 5.32 Å². The van der Waals surface area contributed by atoms with E-state index in [1.54, 1.807) is 0 Å². The van der Waals surface area contributed by atoms with E-state index in [-0.39, 0.29) is 0 Å². The molecule has 18 heavy (non-hydrogen) atoms.